The third-order valence-electron chi connectivity index (χ3n) is 4.51. The lowest BCUT2D eigenvalue weighted by molar-refractivity contribution is 0.0636. The number of ether oxygens (including phenoxy) is 1. The smallest absolute Gasteiger partial charge is 0.412 e. The number of halogens is 1. The number of aromatic nitrogens is 2. The molecular formula is C20H25ClN4O3. The van der Waals surface area contributed by atoms with Crippen molar-refractivity contribution in [3.05, 3.63) is 50.9 Å². The number of aryl methyl sites for hydroxylation is 2. The number of hydrogen-bond acceptors (Lipinski definition) is 5. The molecule has 2 aromatic rings. The van der Waals surface area contributed by atoms with Crippen LogP contribution in [0.1, 0.15) is 50.8 Å². The molecule has 8 heteroatoms. The molecule has 0 fully saturated rings. The quantitative estimate of drug-likeness (QED) is 0.797. The first kappa shape index (κ1) is 20.2. The number of fused-ring (bicyclic) bond motifs is 1. The van der Waals surface area contributed by atoms with Gasteiger partial charge in [-0.15, -0.1) is 0 Å². The Morgan fingerprint density at radius 2 is 2.11 bits per heavy atom. The molecule has 0 radical (unpaired) electrons. The van der Waals surface area contributed by atoms with Crippen LogP contribution in [0.2, 0.25) is 5.02 Å². The van der Waals surface area contributed by atoms with Gasteiger partial charge in [0.25, 0.3) is 5.56 Å². The van der Waals surface area contributed by atoms with Crippen LogP contribution in [0.4, 0.5) is 16.2 Å². The van der Waals surface area contributed by atoms with Gasteiger partial charge in [-0.1, -0.05) is 17.7 Å². The molecule has 1 aromatic heterocycles. The minimum absolute atomic E-state index is 0.0192. The SMILES string of the molecule is Cn1ncc(NC2CCCc3cc(NC(=O)OC(C)(C)C)ccc32)c(Cl)c1=O. The van der Waals surface area contributed by atoms with Gasteiger partial charge in [0, 0.05) is 12.7 Å². The molecule has 1 aromatic carbocycles. The second-order valence-corrected chi connectivity index (χ2v) is 8.31. The first-order valence-corrected chi connectivity index (χ1v) is 9.63. The lowest BCUT2D eigenvalue weighted by atomic mass is 9.87. The van der Waals surface area contributed by atoms with Crippen molar-refractivity contribution in [1.29, 1.82) is 0 Å². The zero-order chi connectivity index (χ0) is 20.5. The fraction of sp³-hybridized carbons (Fsp3) is 0.450. The molecule has 0 aliphatic heterocycles. The summed E-state index contributed by atoms with van der Waals surface area (Å²) in [6.45, 7) is 5.48. The first-order chi connectivity index (χ1) is 13.1. The number of amides is 1. The molecule has 150 valence electrons. The van der Waals surface area contributed by atoms with E-state index in [1.165, 1.54) is 4.68 Å². The minimum Gasteiger partial charge on any atom is -0.444 e. The normalized spacial score (nSPS) is 16.2. The summed E-state index contributed by atoms with van der Waals surface area (Å²) in [6.07, 6.45) is 3.90. The van der Waals surface area contributed by atoms with Crippen molar-refractivity contribution in [2.45, 2.75) is 51.7 Å². The standard InChI is InChI=1S/C20H25ClN4O3/c1-20(2,3)28-19(27)23-13-8-9-14-12(10-13)6-5-7-15(14)24-16-11-22-25(4)18(26)17(16)21/h8-11,15,24H,5-7H2,1-4H3,(H,23,27). The van der Waals surface area contributed by atoms with E-state index in [9.17, 15) is 9.59 Å². The maximum absolute atomic E-state index is 12.0. The van der Waals surface area contributed by atoms with Gasteiger partial charge < -0.3 is 10.1 Å². The predicted molar refractivity (Wildman–Crippen MR) is 110 cm³/mol. The third kappa shape index (κ3) is 4.65. The van der Waals surface area contributed by atoms with Crippen LogP contribution in [-0.4, -0.2) is 21.5 Å². The molecule has 0 saturated carbocycles. The van der Waals surface area contributed by atoms with Gasteiger partial charge in [0.1, 0.15) is 10.6 Å². The molecule has 1 unspecified atom stereocenters. The van der Waals surface area contributed by atoms with E-state index in [-0.39, 0.29) is 16.6 Å². The molecule has 1 atom stereocenters. The van der Waals surface area contributed by atoms with E-state index in [1.807, 2.05) is 39.0 Å². The van der Waals surface area contributed by atoms with Crippen LogP contribution in [-0.2, 0) is 18.2 Å². The monoisotopic (exact) mass is 404 g/mol. The molecule has 28 heavy (non-hydrogen) atoms. The van der Waals surface area contributed by atoms with Gasteiger partial charge in [-0.05, 0) is 63.3 Å². The van der Waals surface area contributed by atoms with Gasteiger partial charge in [-0.25, -0.2) is 9.48 Å². The fourth-order valence-corrected chi connectivity index (χ4v) is 3.49. The van der Waals surface area contributed by atoms with E-state index in [0.29, 0.717) is 11.4 Å². The Morgan fingerprint density at radius 1 is 1.36 bits per heavy atom. The summed E-state index contributed by atoms with van der Waals surface area (Å²) in [5.74, 6) is 0. The van der Waals surface area contributed by atoms with Crippen LogP contribution >= 0.6 is 11.6 Å². The van der Waals surface area contributed by atoms with Gasteiger partial charge in [-0.2, -0.15) is 5.10 Å². The Balaban J connectivity index is 1.79. The van der Waals surface area contributed by atoms with Crippen LogP contribution in [0.25, 0.3) is 0 Å². The Hall–Kier alpha value is -2.54. The molecule has 0 bridgehead atoms. The number of hydrogen-bond donors (Lipinski definition) is 2. The molecule has 7 nitrogen and oxygen atoms in total. The lowest BCUT2D eigenvalue weighted by Gasteiger charge is -2.28. The van der Waals surface area contributed by atoms with Gasteiger partial charge >= 0.3 is 6.09 Å². The highest BCUT2D eigenvalue weighted by Crippen LogP contribution is 2.35. The summed E-state index contributed by atoms with van der Waals surface area (Å²) >= 11 is 6.18. The Kier molecular flexibility index (Phi) is 5.65. The van der Waals surface area contributed by atoms with Crippen LogP contribution in [0.3, 0.4) is 0 Å². The van der Waals surface area contributed by atoms with Crippen LogP contribution in [0, 0.1) is 0 Å². The third-order valence-corrected chi connectivity index (χ3v) is 4.88. The zero-order valence-corrected chi connectivity index (χ0v) is 17.3. The summed E-state index contributed by atoms with van der Waals surface area (Å²) in [7, 11) is 1.56. The van der Waals surface area contributed by atoms with E-state index in [0.717, 1.165) is 30.4 Å². The van der Waals surface area contributed by atoms with E-state index in [1.54, 1.807) is 13.2 Å². The highest BCUT2D eigenvalue weighted by Gasteiger charge is 2.23. The number of rotatable bonds is 3. The number of carbonyl (C=O) groups excluding carboxylic acids is 1. The van der Waals surface area contributed by atoms with Crippen molar-refractivity contribution in [3.8, 4) is 0 Å². The summed E-state index contributed by atoms with van der Waals surface area (Å²) in [6, 6.07) is 5.83. The van der Waals surface area contributed by atoms with E-state index < -0.39 is 11.7 Å². The van der Waals surface area contributed by atoms with Gasteiger partial charge in [0.2, 0.25) is 0 Å². The predicted octanol–water partition coefficient (Wildman–Crippen LogP) is 4.27. The second kappa shape index (κ2) is 7.83. The lowest BCUT2D eigenvalue weighted by Crippen LogP contribution is -2.27. The number of nitrogens with one attached hydrogen (secondary N) is 2. The Labute approximate surface area is 169 Å². The van der Waals surface area contributed by atoms with Crippen LogP contribution < -0.4 is 16.2 Å². The van der Waals surface area contributed by atoms with Crippen molar-refractivity contribution in [1.82, 2.24) is 9.78 Å². The van der Waals surface area contributed by atoms with Gasteiger partial charge in [0.15, 0.2) is 0 Å². The number of carbonyl (C=O) groups is 1. The van der Waals surface area contributed by atoms with Crippen molar-refractivity contribution in [3.63, 3.8) is 0 Å². The van der Waals surface area contributed by atoms with E-state index >= 15 is 0 Å². The van der Waals surface area contributed by atoms with Crippen LogP contribution in [0.5, 0.6) is 0 Å². The fourth-order valence-electron chi connectivity index (χ4n) is 3.26. The molecular weight excluding hydrogens is 380 g/mol. The number of benzene rings is 1. The molecule has 0 saturated heterocycles. The molecule has 1 heterocycles. The Bertz CT molecular complexity index is 949. The molecule has 1 aliphatic carbocycles. The summed E-state index contributed by atoms with van der Waals surface area (Å²) in [5.41, 5.74) is 2.61. The molecule has 0 spiro atoms. The zero-order valence-electron chi connectivity index (χ0n) is 16.5. The van der Waals surface area contributed by atoms with Crippen molar-refractivity contribution < 1.29 is 9.53 Å². The molecule has 2 N–H and O–H groups in total. The minimum atomic E-state index is -0.548. The average Bonchev–Trinajstić information content (AvgIpc) is 2.60. The summed E-state index contributed by atoms with van der Waals surface area (Å²) < 4.78 is 6.51. The molecule has 1 aliphatic rings. The topological polar surface area (TPSA) is 85.2 Å². The largest absolute Gasteiger partial charge is 0.444 e. The van der Waals surface area contributed by atoms with Gasteiger partial charge in [-0.3, -0.25) is 10.1 Å². The number of nitrogens with zero attached hydrogens (tertiary/aromatic N) is 2. The molecule has 1 amide bonds. The summed E-state index contributed by atoms with van der Waals surface area (Å²) in [5, 5.41) is 10.3. The Morgan fingerprint density at radius 3 is 2.82 bits per heavy atom. The van der Waals surface area contributed by atoms with Crippen molar-refractivity contribution in [2.75, 3.05) is 10.6 Å². The van der Waals surface area contributed by atoms with Crippen LogP contribution in [0.15, 0.2) is 29.2 Å². The van der Waals surface area contributed by atoms with Crippen molar-refractivity contribution >= 4 is 29.1 Å². The van der Waals surface area contributed by atoms with E-state index in [2.05, 4.69) is 15.7 Å². The van der Waals surface area contributed by atoms with E-state index in [4.69, 9.17) is 16.3 Å². The highest BCUT2D eigenvalue weighted by atomic mass is 35.5. The first-order valence-electron chi connectivity index (χ1n) is 9.25. The molecule has 3 rings (SSSR count). The maximum Gasteiger partial charge on any atom is 0.412 e. The second-order valence-electron chi connectivity index (χ2n) is 7.93. The maximum atomic E-state index is 12.0. The van der Waals surface area contributed by atoms with Crippen molar-refractivity contribution in [2.24, 2.45) is 7.05 Å². The van der Waals surface area contributed by atoms with Gasteiger partial charge in [0.05, 0.1) is 17.9 Å². The highest BCUT2D eigenvalue weighted by molar-refractivity contribution is 6.32. The number of anilines is 2. The summed E-state index contributed by atoms with van der Waals surface area (Å²) in [4.78, 5) is 24.0. The average molecular weight is 405 g/mol.